The average Bonchev–Trinajstić information content (AvgIpc) is 3.13. The summed E-state index contributed by atoms with van der Waals surface area (Å²) in [5.41, 5.74) is 0.295. The molecule has 284 valence electrons. The van der Waals surface area contributed by atoms with Crippen molar-refractivity contribution in [3.05, 3.63) is 90.0 Å². The summed E-state index contributed by atoms with van der Waals surface area (Å²) in [6.45, 7) is 4.48. The van der Waals surface area contributed by atoms with E-state index in [1.165, 1.54) is 13.8 Å². The Morgan fingerprint density at radius 2 is 1.47 bits per heavy atom. The Bertz CT molecular complexity index is 1850. The van der Waals surface area contributed by atoms with Crippen molar-refractivity contribution >= 4 is 33.5 Å². The fourth-order valence-electron chi connectivity index (χ4n) is 6.25. The second-order valence-corrected chi connectivity index (χ2v) is 15.6. The van der Waals surface area contributed by atoms with Crippen LogP contribution in [0.3, 0.4) is 0 Å². The summed E-state index contributed by atoms with van der Waals surface area (Å²) in [5.74, 6) is -1.58. The minimum atomic E-state index is -3.33. The van der Waals surface area contributed by atoms with E-state index in [2.05, 4.69) is 26.2 Å². The first-order chi connectivity index (χ1) is 25.2. The summed E-state index contributed by atoms with van der Waals surface area (Å²) in [5, 5.41) is 21.5. The predicted octanol–water partition coefficient (Wildman–Crippen LogP) is 1.11. The minimum Gasteiger partial charge on any atom is -0.492 e. The molecule has 1 spiro atoms. The maximum Gasteiger partial charge on any atom is 0.265 e. The van der Waals surface area contributed by atoms with Crippen molar-refractivity contribution in [2.24, 2.45) is 0 Å². The first kappa shape index (κ1) is 39.2. The van der Waals surface area contributed by atoms with Crippen LogP contribution < -0.4 is 30.7 Å². The molecule has 2 bridgehead atoms. The molecule has 14 nitrogen and oxygen atoms in total. The van der Waals surface area contributed by atoms with Gasteiger partial charge in [0, 0.05) is 45.2 Å². The number of sulfone groups is 1. The number of fused-ring (bicyclic) bond motifs is 15. The molecule has 5 N–H and O–H groups in total. The minimum absolute atomic E-state index is 0.143. The lowest BCUT2D eigenvalue weighted by atomic mass is 9.89. The average molecular weight is 750 g/mol. The standard InChI is InChI=1S/C38H47N5O9S/c1-25-34(45)41-32(23-27-7-5-4-6-8-27)35(46)39-19-22-51-29-11-13-30(14-12-29)52-38(37(48)42-33(26(2)44)36(47)40-25)17-20-43(21-18-38)24-28-9-15-31(16-10-28)53(3,49)50/h4-16,25-26,32-33,44H,17-24H2,1-3H3,(H,39,46)(H,40,47)(H,41,45)(H,42,48)/t25-,26+,32-,33?/m0/s1. The van der Waals surface area contributed by atoms with E-state index >= 15 is 0 Å². The number of rotatable bonds is 6. The van der Waals surface area contributed by atoms with Gasteiger partial charge in [0.15, 0.2) is 15.4 Å². The summed E-state index contributed by atoms with van der Waals surface area (Å²) >= 11 is 0. The lowest BCUT2D eigenvalue weighted by molar-refractivity contribution is -0.146. The third-order valence-corrected chi connectivity index (χ3v) is 10.5. The molecule has 3 aromatic carbocycles. The van der Waals surface area contributed by atoms with Gasteiger partial charge in [0.2, 0.25) is 17.7 Å². The SMILES string of the molecule is C[C@@H]1NC(=O)C([C@@H](C)O)NC(=O)C2(CCN(Cc3ccc(S(C)(=O)=O)cc3)CC2)Oc2ccc(cc2)OCCNC(=O)[C@H](Cc2ccccc2)NC1=O. The Morgan fingerprint density at radius 1 is 0.830 bits per heavy atom. The van der Waals surface area contributed by atoms with Crippen LogP contribution in [0.4, 0.5) is 0 Å². The number of benzene rings is 3. The number of hydrogen-bond donors (Lipinski definition) is 5. The van der Waals surface area contributed by atoms with E-state index in [1.807, 2.05) is 30.3 Å². The smallest absolute Gasteiger partial charge is 0.265 e. The van der Waals surface area contributed by atoms with Gasteiger partial charge in [-0.2, -0.15) is 0 Å². The van der Waals surface area contributed by atoms with Crippen molar-refractivity contribution in [2.75, 3.05) is 32.5 Å². The van der Waals surface area contributed by atoms with Crippen LogP contribution in [0, 0.1) is 0 Å². The highest BCUT2D eigenvalue weighted by molar-refractivity contribution is 7.90. The third-order valence-electron chi connectivity index (χ3n) is 9.36. The summed E-state index contributed by atoms with van der Waals surface area (Å²) < 4.78 is 36.0. The summed E-state index contributed by atoms with van der Waals surface area (Å²) in [6, 6.07) is 19.0. The number of ether oxygens (including phenoxy) is 2. The van der Waals surface area contributed by atoms with Gasteiger partial charge < -0.3 is 35.8 Å². The van der Waals surface area contributed by atoms with E-state index < -0.39 is 63.3 Å². The van der Waals surface area contributed by atoms with Gasteiger partial charge in [-0.15, -0.1) is 0 Å². The fraction of sp³-hybridized carbons (Fsp3) is 0.421. The number of amides is 4. The molecule has 6 rings (SSSR count). The number of aliphatic hydroxyl groups is 1. The van der Waals surface area contributed by atoms with Gasteiger partial charge in [0.05, 0.1) is 17.5 Å². The van der Waals surface area contributed by atoms with E-state index in [9.17, 15) is 32.7 Å². The normalized spacial score (nSPS) is 22.7. The zero-order valence-corrected chi connectivity index (χ0v) is 30.9. The van der Waals surface area contributed by atoms with Gasteiger partial charge in [-0.1, -0.05) is 42.5 Å². The third kappa shape index (κ3) is 10.6. The predicted molar refractivity (Wildman–Crippen MR) is 196 cm³/mol. The van der Waals surface area contributed by atoms with Gasteiger partial charge in [-0.3, -0.25) is 24.1 Å². The number of likely N-dealkylation sites (tertiary alicyclic amines) is 1. The molecule has 3 aromatic rings. The number of nitrogens with zero attached hydrogens (tertiary/aromatic N) is 1. The Morgan fingerprint density at radius 3 is 2.09 bits per heavy atom. The van der Waals surface area contributed by atoms with Crippen molar-refractivity contribution in [2.45, 2.75) is 74.4 Å². The molecule has 1 fully saturated rings. The Kier molecular flexibility index (Phi) is 12.7. The van der Waals surface area contributed by atoms with Crippen LogP contribution >= 0.6 is 0 Å². The Balaban J connectivity index is 1.36. The first-order valence-electron chi connectivity index (χ1n) is 17.6. The lowest BCUT2D eigenvalue weighted by Crippen LogP contribution is -2.63. The molecule has 0 aromatic heterocycles. The lowest BCUT2D eigenvalue weighted by Gasteiger charge is -2.41. The maximum absolute atomic E-state index is 14.2. The van der Waals surface area contributed by atoms with Gasteiger partial charge >= 0.3 is 0 Å². The molecule has 0 saturated carbocycles. The van der Waals surface area contributed by atoms with Crippen molar-refractivity contribution in [1.82, 2.24) is 26.2 Å². The quantitative estimate of drug-likeness (QED) is 0.228. The molecule has 4 atom stereocenters. The Labute approximate surface area is 309 Å². The largest absolute Gasteiger partial charge is 0.492 e. The van der Waals surface area contributed by atoms with Gasteiger partial charge in [-0.25, -0.2) is 8.42 Å². The van der Waals surface area contributed by atoms with E-state index in [0.717, 1.165) is 17.4 Å². The number of aliphatic hydroxyl groups excluding tert-OH is 1. The van der Waals surface area contributed by atoms with Crippen molar-refractivity contribution < 1.29 is 42.2 Å². The van der Waals surface area contributed by atoms with E-state index in [0.29, 0.717) is 31.1 Å². The molecular weight excluding hydrogens is 703 g/mol. The molecule has 0 radical (unpaired) electrons. The first-order valence-corrected chi connectivity index (χ1v) is 19.5. The molecular formula is C38H47N5O9S. The molecule has 1 unspecified atom stereocenters. The molecule has 53 heavy (non-hydrogen) atoms. The fourth-order valence-corrected chi connectivity index (χ4v) is 6.88. The second kappa shape index (κ2) is 17.2. The van der Waals surface area contributed by atoms with Crippen LogP contribution in [0.15, 0.2) is 83.8 Å². The highest BCUT2D eigenvalue weighted by atomic mass is 32.2. The molecule has 3 heterocycles. The molecule has 4 amide bonds. The zero-order chi connectivity index (χ0) is 38.2. The zero-order valence-electron chi connectivity index (χ0n) is 30.0. The van der Waals surface area contributed by atoms with E-state index in [-0.39, 0.29) is 37.3 Å². The Hall–Kier alpha value is -4.99. The van der Waals surface area contributed by atoms with Crippen LogP contribution in [0.25, 0.3) is 0 Å². The molecule has 15 heteroatoms. The van der Waals surface area contributed by atoms with Crippen LogP contribution in [0.2, 0.25) is 0 Å². The van der Waals surface area contributed by atoms with Crippen molar-refractivity contribution in [3.63, 3.8) is 0 Å². The monoisotopic (exact) mass is 749 g/mol. The van der Waals surface area contributed by atoms with E-state index in [1.54, 1.807) is 48.5 Å². The highest BCUT2D eigenvalue weighted by Gasteiger charge is 2.46. The molecule has 3 aliphatic rings. The van der Waals surface area contributed by atoms with Crippen LogP contribution in [0.1, 0.15) is 37.8 Å². The number of carbonyl (C=O) groups is 4. The maximum atomic E-state index is 14.2. The van der Waals surface area contributed by atoms with Crippen molar-refractivity contribution in [1.29, 1.82) is 0 Å². The summed E-state index contributed by atoms with van der Waals surface area (Å²) in [4.78, 5) is 56.6. The number of nitrogens with one attached hydrogen (secondary N) is 4. The number of piperidine rings is 1. The van der Waals surface area contributed by atoms with Gasteiger partial charge in [0.25, 0.3) is 5.91 Å². The molecule has 3 aliphatic heterocycles. The highest BCUT2D eigenvalue weighted by Crippen LogP contribution is 2.31. The van der Waals surface area contributed by atoms with Crippen LogP contribution in [0.5, 0.6) is 11.5 Å². The number of hydrogen-bond acceptors (Lipinski definition) is 10. The van der Waals surface area contributed by atoms with Crippen LogP contribution in [-0.2, 0) is 42.0 Å². The van der Waals surface area contributed by atoms with Crippen molar-refractivity contribution in [3.8, 4) is 11.5 Å². The molecule has 0 aliphatic carbocycles. The molecule has 1 saturated heterocycles. The van der Waals surface area contributed by atoms with Crippen LogP contribution in [-0.4, -0.2) is 104 Å². The van der Waals surface area contributed by atoms with Gasteiger partial charge in [-0.05, 0) is 61.4 Å². The summed E-state index contributed by atoms with van der Waals surface area (Å²) in [6.07, 6.45) is 0.473. The number of carbonyl (C=O) groups excluding carboxylic acids is 4. The summed E-state index contributed by atoms with van der Waals surface area (Å²) in [7, 11) is -3.33. The van der Waals surface area contributed by atoms with E-state index in [4.69, 9.17) is 9.47 Å². The van der Waals surface area contributed by atoms with Gasteiger partial charge in [0.1, 0.15) is 36.2 Å². The topological polar surface area (TPSA) is 192 Å². The second-order valence-electron chi connectivity index (χ2n) is 13.6.